The van der Waals surface area contributed by atoms with Gasteiger partial charge >= 0.3 is 0 Å². The molecule has 0 saturated heterocycles. The summed E-state index contributed by atoms with van der Waals surface area (Å²) >= 11 is 0. The molecule has 2 atom stereocenters. The summed E-state index contributed by atoms with van der Waals surface area (Å²) in [6, 6.07) is 0.773. The van der Waals surface area contributed by atoms with E-state index in [4.69, 9.17) is 4.74 Å². The molecule has 5 heteroatoms. The average Bonchev–Trinajstić information content (AvgIpc) is 3.25. The predicted octanol–water partition coefficient (Wildman–Crippen LogP) is 6.83. The van der Waals surface area contributed by atoms with Gasteiger partial charge in [-0.3, -0.25) is 0 Å². The Hall–Kier alpha value is -0.840. The molecule has 0 aromatic carbocycles. The van der Waals surface area contributed by atoms with Crippen LogP contribution in [0, 0.1) is 0 Å². The highest BCUT2D eigenvalue weighted by Gasteiger charge is 2.36. The second-order valence-electron chi connectivity index (χ2n) is 8.26. The summed E-state index contributed by atoms with van der Waals surface area (Å²) in [4.78, 5) is 0. The highest BCUT2D eigenvalue weighted by atomic mass is 16.5. The van der Waals surface area contributed by atoms with Gasteiger partial charge in [0, 0.05) is 0 Å². The van der Waals surface area contributed by atoms with Crippen molar-refractivity contribution < 1.29 is 4.74 Å². The molecule has 2 unspecified atom stereocenters. The SMILES string of the molecule is CCCC(C)(N=NC1CCCC1)OC(C)(CCC)N=NC1CCCC1. The van der Waals surface area contributed by atoms with Gasteiger partial charge in [-0.2, -0.15) is 20.5 Å². The van der Waals surface area contributed by atoms with Gasteiger partial charge in [0.15, 0.2) is 11.4 Å². The maximum absolute atomic E-state index is 6.51. The fourth-order valence-corrected chi connectivity index (χ4v) is 4.09. The van der Waals surface area contributed by atoms with Gasteiger partial charge < -0.3 is 4.74 Å². The third-order valence-electron chi connectivity index (χ3n) is 5.38. The van der Waals surface area contributed by atoms with Gasteiger partial charge in [0.25, 0.3) is 0 Å². The molecule has 0 aromatic heterocycles. The molecule has 5 nitrogen and oxygen atoms in total. The molecule has 0 amide bonds. The summed E-state index contributed by atoms with van der Waals surface area (Å²) in [5.41, 5.74) is -1.20. The average molecular weight is 351 g/mol. The first-order valence-corrected chi connectivity index (χ1v) is 10.5. The minimum Gasteiger partial charge on any atom is -0.323 e. The Labute approximate surface area is 154 Å². The molecule has 0 aliphatic heterocycles. The van der Waals surface area contributed by atoms with Crippen molar-refractivity contribution in [1.29, 1.82) is 0 Å². The topological polar surface area (TPSA) is 58.7 Å². The molecule has 25 heavy (non-hydrogen) atoms. The molecule has 0 aromatic rings. The Morgan fingerprint density at radius 2 is 1.08 bits per heavy atom. The van der Waals surface area contributed by atoms with E-state index in [0.29, 0.717) is 12.1 Å². The second kappa shape index (κ2) is 9.75. The normalized spacial score (nSPS) is 25.1. The highest BCUT2D eigenvalue weighted by molar-refractivity contribution is 4.82. The molecule has 0 bridgehead atoms. The van der Waals surface area contributed by atoms with Gasteiger partial charge in [0.2, 0.25) is 0 Å². The Bertz CT molecular complexity index is 401. The maximum Gasteiger partial charge on any atom is 0.179 e. The lowest BCUT2D eigenvalue weighted by Crippen LogP contribution is -2.38. The molecular formula is C20H38N4O. The molecular weight excluding hydrogens is 312 g/mol. The van der Waals surface area contributed by atoms with Crippen LogP contribution in [-0.4, -0.2) is 23.5 Å². The second-order valence-corrected chi connectivity index (χ2v) is 8.26. The van der Waals surface area contributed by atoms with E-state index in [1.165, 1.54) is 51.4 Å². The summed E-state index contributed by atoms with van der Waals surface area (Å²) in [5, 5.41) is 18.6. The van der Waals surface area contributed by atoms with Gasteiger partial charge in [0.1, 0.15) is 0 Å². The number of hydrogen-bond donors (Lipinski definition) is 0. The standard InChI is InChI=1S/C20H38N4O/c1-5-15-19(3,23-21-17-11-7-8-12-17)25-20(4,16-6-2)24-22-18-13-9-10-14-18/h17-18H,5-16H2,1-4H3. The van der Waals surface area contributed by atoms with Crippen molar-refractivity contribution in [2.24, 2.45) is 20.5 Å². The summed E-state index contributed by atoms with van der Waals surface area (Å²) in [7, 11) is 0. The quantitative estimate of drug-likeness (QED) is 0.398. The smallest absolute Gasteiger partial charge is 0.179 e. The Kier molecular flexibility index (Phi) is 7.98. The van der Waals surface area contributed by atoms with Crippen molar-refractivity contribution >= 4 is 0 Å². The Morgan fingerprint density at radius 1 is 0.720 bits per heavy atom. The fraction of sp³-hybridized carbons (Fsp3) is 1.00. The largest absolute Gasteiger partial charge is 0.323 e. The van der Waals surface area contributed by atoms with E-state index in [-0.39, 0.29) is 0 Å². The summed E-state index contributed by atoms with van der Waals surface area (Å²) < 4.78 is 6.51. The number of rotatable bonds is 10. The van der Waals surface area contributed by atoms with Crippen LogP contribution in [0.2, 0.25) is 0 Å². The zero-order chi connectivity index (χ0) is 18.2. The molecule has 144 valence electrons. The lowest BCUT2D eigenvalue weighted by Gasteiger charge is -2.34. The minimum atomic E-state index is -0.601. The van der Waals surface area contributed by atoms with Crippen molar-refractivity contribution in [1.82, 2.24) is 0 Å². The van der Waals surface area contributed by atoms with E-state index in [0.717, 1.165) is 25.7 Å². The van der Waals surface area contributed by atoms with Gasteiger partial charge in [-0.1, -0.05) is 52.4 Å². The number of ether oxygens (including phenoxy) is 1. The summed E-state index contributed by atoms with van der Waals surface area (Å²) in [6.45, 7) is 8.47. The zero-order valence-corrected chi connectivity index (χ0v) is 16.8. The van der Waals surface area contributed by atoms with Crippen molar-refractivity contribution in [2.75, 3.05) is 0 Å². The van der Waals surface area contributed by atoms with Crippen LogP contribution in [0.15, 0.2) is 20.5 Å². The Morgan fingerprint density at radius 3 is 1.40 bits per heavy atom. The number of nitrogens with zero attached hydrogens (tertiary/aromatic N) is 4. The molecule has 0 radical (unpaired) electrons. The van der Waals surface area contributed by atoms with E-state index in [9.17, 15) is 0 Å². The molecule has 2 aliphatic carbocycles. The van der Waals surface area contributed by atoms with E-state index < -0.39 is 11.4 Å². The number of azo groups is 2. The van der Waals surface area contributed by atoms with Crippen molar-refractivity contribution in [3.05, 3.63) is 0 Å². The monoisotopic (exact) mass is 350 g/mol. The van der Waals surface area contributed by atoms with Gasteiger partial charge in [-0.05, 0) is 52.4 Å². The van der Waals surface area contributed by atoms with Crippen LogP contribution in [0.3, 0.4) is 0 Å². The molecule has 0 heterocycles. The van der Waals surface area contributed by atoms with Crippen LogP contribution in [0.25, 0.3) is 0 Å². The molecule has 2 aliphatic rings. The van der Waals surface area contributed by atoms with E-state index in [1.54, 1.807) is 0 Å². The fourth-order valence-electron chi connectivity index (χ4n) is 4.09. The zero-order valence-electron chi connectivity index (χ0n) is 16.8. The van der Waals surface area contributed by atoms with Crippen molar-refractivity contribution in [3.8, 4) is 0 Å². The highest BCUT2D eigenvalue weighted by Crippen LogP contribution is 2.33. The maximum atomic E-state index is 6.51. The molecule has 2 saturated carbocycles. The van der Waals surface area contributed by atoms with Gasteiger partial charge in [-0.15, -0.1) is 0 Å². The third kappa shape index (κ3) is 6.76. The van der Waals surface area contributed by atoms with E-state index in [2.05, 4.69) is 48.2 Å². The van der Waals surface area contributed by atoms with Crippen LogP contribution < -0.4 is 0 Å². The molecule has 2 fully saturated rings. The van der Waals surface area contributed by atoms with E-state index >= 15 is 0 Å². The number of hydrogen-bond acceptors (Lipinski definition) is 5. The van der Waals surface area contributed by atoms with Crippen LogP contribution in [0.1, 0.15) is 105 Å². The minimum absolute atomic E-state index is 0.386. The Balaban J connectivity index is 2.07. The van der Waals surface area contributed by atoms with Crippen LogP contribution in [-0.2, 0) is 4.74 Å². The van der Waals surface area contributed by atoms with Gasteiger partial charge in [-0.25, -0.2) is 0 Å². The predicted molar refractivity (Wildman–Crippen MR) is 102 cm³/mol. The van der Waals surface area contributed by atoms with Crippen LogP contribution >= 0.6 is 0 Å². The van der Waals surface area contributed by atoms with Crippen molar-refractivity contribution in [3.63, 3.8) is 0 Å². The van der Waals surface area contributed by atoms with Crippen LogP contribution in [0.5, 0.6) is 0 Å². The first-order chi connectivity index (χ1) is 12.0. The first kappa shape index (κ1) is 20.5. The molecule has 0 spiro atoms. The summed E-state index contributed by atoms with van der Waals surface area (Å²) in [6.07, 6.45) is 13.5. The molecule has 0 N–H and O–H groups in total. The van der Waals surface area contributed by atoms with Crippen LogP contribution in [0.4, 0.5) is 0 Å². The molecule has 2 rings (SSSR count). The third-order valence-corrected chi connectivity index (χ3v) is 5.38. The first-order valence-electron chi connectivity index (χ1n) is 10.5. The lowest BCUT2D eigenvalue weighted by molar-refractivity contribution is -0.147. The van der Waals surface area contributed by atoms with E-state index in [1.807, 2.05) is 0 Å². The van der Waals surface area contributed by atoms with Gasteiger partial charge in [0.05, 0.1) is 12.1 Å². The lowest BCUT2D eigenvalue weighted by atomic mass is 10.1. The van der Waals surface area contributed by atoms with Crippen molar-refractivity contribution in [2.45, 2.75) is 128 Å². The summed E-state index contributed by atoms with van der Waals surface area (Å²) in [5.74, 6) is 0.